The minimum Gasteiger partial charge on any atom is -0.448 e. The van der Waals surface area contributed by atoms with Crippen molar-refractivity contribution in [3.8, 4) is 0 Å². The molecule has 0 saturated carbocycles. The average molecular weight is 401 g/mol. The average Bonchev–Trinajstić information content (AvgIpc) is 3.17. The molecule has 2 aromatic heterocycles. The van der Waals surface area contributed by atoms with Crippen molar-refractivity contribution in [3.63, 3.8) is 0 Å². The van der Waals surface area contributed by atoms with Gasteiger partial charge in [-0.05, 0) is 19.4 Å². The highest BCUT2D eigenvalue weighted by molar-refractivity contribution is 5.91. The highest BCUT2D eigenvalue weighted by Gasteiger charge is 2.24. The number of aryl methyl sites for hydroxylation is 1. The fraction of sp³-hybridized carbons (Fsp3) is 0.600. The molecule has 4 heterocycles. The van der Waals surface area contributed by atoms with E-state index in [0.717, 1.165) is 50.0 Å². The summed E-state index contributed by atoms with van der Waals surface area (Å²) in [6.07, 6.45) is 5.40. The quantitative estimate of drug-likeness (QED) is 0.767. The summed E-state index contributed by atoms with van der Waals surface area (Å²) in [5, 5.41) is 7.51. The number of nitrogens with one attached hydrogen (secondary N) is 1. The number of ether oxygens (including phenoxy) is 1. The molecule has 1 N–H and O–H groups in total. The van der Waals surface area contributed by atoms with Gasteiger partial charge in [0.15, 0.2) is 11.6 Å². The Kier molecular flexibility index (Phi) is 6.05. The topological polar surface area (TPSA) is 102 Å². The molecule has 0 spiro atoms. The predicted octanol–water partition coefficient (Wildman–Crippen LogP) is 0.897. The third kappa shape index (κ3) is 4.73. The minimum absolute atomic E-state index is 0.0856. The number of carbonyl (C=O) groups excluding carboxylic acids is 1. The number of aromatic nitrogens is 3. The SMILES string of the molecule is Cc1nc(C(=O)NCC2CCCCN2CCn2nc3c(cc2=O)COCC3)co1. The molecule has 9 nitrogen and oxygen atoms in total. The summed E-state index contributed by atoms with van der Waals surface area (Å²) < 4.78 is 12.1. The van der Waals surface area contributed by atoms with Crippen molar-refractivity contribution in [2.75, 3.05) is 26.2 Å². The zero-order valence-electron chi connectivity index (χ0n) is 16.7. The van der Waals surface area contributed by atoms with Crippen LogP contribution >= 0.6 is 0 Å². The Balaban J connectivity index is 1.35. The standard InChI is InChI=1S/C20H27N5O4/c1-14-22-18(13-29-14)20(27)21-11-16-4-2-3-6-24(16)7-8-25-19(26)10-15-12-28-9-5-17(15)23-25/h10,13,16H,2-9,11-12H2,1H3,(H,21,27). The first-order chi connectivity index (χ1) is 14.1. The number of piperidine rings is 1. The van der Waals surface area contributed by atoms with Gasteiger partial charge in [0, 0.05) is 44.1 Å². The Labute approximate surface area is 169 Å². The summed E-state index contributed by atoms with van der Waals surface area (Å²) in [7, 11) is 0. The van der Waals surface area contributed by atoms with Crippen molar-refractivity contribution in [1.82, 2.24) is 25.0 Å². The maximum absolute atomic E-state index is 12.4. The van der Waals surface area contributed by atoms with Crippen molar-refractivity contribution in [3.05, 3.63) is 45.5 Å². The minimum atomic E-state index is -0.220. The monoisotopic (exact) mass is 401 g/mol. The molecule has 2 aromatic rings. The second-order valence-corrected chi connectivity index (χ2v) is 7.63. The summed E-state index contributed by atoms with van der Waals surface area (Å²) in [6.45, 7) is 5.61. The van der Waals surface area contributed by atoms with Crippen molar-refractivity contribution in [1.29, 1.82) is 0 Å². The van der Waals surface area contributed by atoms with E-state index >= 15 is 0 Å². The summed E-state index contributed by atoms with van der Waals surface area (Å²) in [6, 6.07) is 1.89. The Bertz CT molecular complexity index is 922. The summed E-state index contributed by atoms with van der Waals surface area (Å²) in [5.41, 5.74) is 2.08. The second-order valence-electron chi connectivity index (χ2n) is 7.63. The Morgan fingerprint density at radius 1 is 1.34 bits per heavy atom. The summed E-state index contributed by atoms with van der Waals surface area (Å²) in [4.78, 5) is 31.0. The van der Waals surface area contributed by atoms with Crippen molar-refractivity contribution in [2.24, 2.45) is 0 Å². The molecule has 0 aliphatic carbocycles. The molecule has 2 aliphatic heterocycles. The molecular weight excluding hydrogens is 374 g/mol. The van der Waals surface area contributed by atoms with Gasteiger partial charge in [-0.3, -0.25) is 14.5 Å². The fourth-order valence-corrected chi connectivity index (χ4v) is 3.99. The number of nitrogens with zero attached hydrogens (tertiary/aromatic N) is 4. The van der Waals surface area contributed by atoms with Crippen LogP contribution in [0.5, 0.6) is 0 Å². The Hall–Kier alpha value is -2.52. The van der Waals surface area contributed by atoms with Crippen LogP contribution in [-0.4, -0.2) is 57.9 Å². The van der Waals surface area contributed by atoms with Gasteiger partial charge in [0.25, 0.3) is 11.5 Å². The van der Waals surface area contributed by atoms with E-state index in [-0.39, 0.29) is 17.5 Å². The maximum atomic E-state index is 12.4. The smallest absolute Gasteiger partial charge is 0.273 e. The maximum Gasteiger partial charge on any atom is 0.273 e. The Morgan fingerprint density at radius 3 is 3.07 bits per heavy atom. The van der Waals surface area contributed by atoms with Gasteiger partial charge in [-0.1, -0.05) is 6.42 Å². The number of amides is 1. The fourth-order valence-electron chi connectivity index (χ4n) is 3.99. The van der Waals surface area contributed by atoms with E-state index in [1.165, 1.54) is 6.26 Å². The normalized spacial score (nSPS) is 19.7. The lowest BCUT2D eigenvalue weighted by Crippen LogP contribution is -2.48. The molecule has 0 bridgehead atoms. The van der Waals surface area contributed by atoms with Crippen molar-refractivity contribution in [2.45, 2.75) is 51.8 Å². The number of oxazole rings is 1. The van der Waals surface area contributed by atoms with Crippen LogP contribution in [0.25, 0.3) is 0 Å². The molecule has 29 heavy (non-hydrogen) atoms. The molecular formula is C20H27N5O4. The number of hydrogen-bond acceptors (Lipinski definition) is 7. The number of carbonyl (C=O) groups is 1. The summed E-state index contributed by atoms with van der Waals surface area (Å²) >= 11 is 0. The van der Waals surface area contributed by atoms with Gasteiger partial charge in [-0.2, -0.15) is 5.10 Å². The van der Waals surface area contributed by atoms with Gasteiger partial charge in [-0.25, -0.2) is 9.67 Å². The van der Waals surface area contributed by atoms with E-state index in [4.69, 9.17) is 9.15 Å². The van der Waals surface area contributed by atoms with E-state index in [0.29, 0.717) is 37.9 Å². The van der Waals surface area contributed by atoms with Gasteiger partial charge in [-0.15, -0.1) is 0 Å². The molecule has 1 unspecified atom stereocenters. The zero-order valence-corrected chi connectivity index (χ0v) is 16.7. The van der Waals surface area contributed by atoms with Crippen LogP contribution in [-0.2, 0) is 24.3 Å². The van der Waals surface area contributed by atoms with Gasteiger partial charge in [0.05, 0.1) is 25.5 Å². The third-order valence-electron chi connectivity index (χ3n) is 5.60. The highest BCUT2D eigenvalue weighted by Crippen LogP contribution is 2.17. The largest absolute Gasteiger partial charge is 0.448 e. The van der Waals surface area contributed by atoms with E-state index in [1.54, 1.807) is 17.7 Å². The van der Waals surface area contributed by atoms with Crippen molar-refractivity contribution >= 4 is 5.91 Å². The van der Waals surface area contributed by atoms with Crippen LogP contribution in [0.2, 0.25) is 0 Å². The van der Waals surface area contributed by atoms with E-state index in [1.807, 2.05) is 0 Å². The zero-order chi connectivity index (χ0) is 20.2. The molecule has 0 radical (unpaired) electrons. The number of fused-ring (bicyclic) bond motifs is 1. The number of likely N-dealkylation sites (tertiary alicyclic amines) is 1. The van der Waals surface area contributed by atoms with E-state index in [9.17, 15) is 9.59 Å². The van der Waals surface area contributed by atoms with Crippen LogP contribution in [0.4, 0.5) is 0 Å². The van der Waals surface area contributed by atoms with Crippen LogP contribution < -0.4 is 10.9 Å². The van der Waals surface area contributed by atoms with Gasteiger partial charge in [0.1, 0.15) is 6.26 Å². The number of rotatable bonds is 6. The molecule has 0 aromatic carbocycles. The molecule has 4 rings (SSSR count). The van der Waals surface area contributed by atoms with Gasteiger partial charge in [0.2, 0.25) is 0 Å². The van der Waals surface area contributed by atoms with Crippen LogP contribution in [0.15, 0.2) is 21.5 Å². The third-order valence-corrected chi connectivity index (χ3v) is 5.60. The van der Waals surface area contributed by atoms with E-state index < -0.39 is 0 Å². The molecule has 1 fully saturated rings. The van der Waals surface area contributed by atoms with Gasteiger partial charge < -0.3 is 14.5 Å². The van der Waals surface area contributed by atoms with E-state index in [2.05, 4.69) is 20.3 Å². The molecule has 1 amide bonds. The van der Waals surface area contributed by atoms with Gasteiger partial charge >= 0.3 is 0 Å². The second kappa shape index (κ2) is 8.87. The lowest BCUT2D eigenvalue weighted by atomic mass is 10.0. The summed E-state index contributed by atoms with van der Waals surface area (Å²) in [5.74, 6) is 0.256. The molecule has 9 heteroatoms. The van der Waals surface area contributed by atoms with Crippen molar-refractivity contribution < 1.29 is 13.9 Å². The van der Waals surface area contributed by atoms with Crippen LogP contribution in [0.1, 0.15) is 46.9 Å². The van der Waals surface area contributed by atoms with Crippen LogP contribution in [0, 0.1) is 6.92 Å². The molecule has 156 valence electrons. The predicted molar refractivity (Wildman–Crippen MR) is 105 cm³/mol. The molecule has 1 saturated heterocycles. The lowest BCUT2D eigenvalue weighted by Gasteiger charge is -2.35. The molecule has 1 atom stereocenters. The first-order valence-electron chi connectivity index (χ1n) is 10.2. The first kappa shape index (κ1) is 19.8. The highest BCUT2D eigenvalue weighted by atomic mass is 16.5. The Morgan fingerprint density at radius 2 is 2.24 bits per heavy atom. The first-order valence-corrected chi connectivity index (χ1v) is 10.2. The lowest BCUT2D eigenvalue weighted by molar-refractivity contribution is 0.0903. The number of hydrogen-bond donors (Lipinski definition) is 1. The molecule has 2 aliphatic rings. The van der Waals surface area contributed by atoms with Crippen LogP contribution in [0.3, 0.4) is 0 Å².